The van der Waals surface area contributed by atoms with E-state index in [1.807, 2.05) is 189 Å². The van der Waals surface area contributed by atoms with Gasteiger partial charge in [0.25, 0.3) is 17.7 Å². The minimum Gasteiger partial charge on any atom is -0.505 e. The third kappa shape index (κ3) is 18.8. The SMILES string of the molecule is Cc1cccc(-c2c3c(c(O)c4ncccc24)C(=O)N(Cc2ccc(F)cc2)C3)c1.O=C1c2c(c(-c3cccc(Br)c3)c3cccnc3c2OC(c2ccccc2)c2ccccc2)CN1Cc1ccc(F)cc1.O=C1c2c(c(OS(=O)(=O)C(F)(F)F)c3cccnc3c2OC(c2ccccc2)c2ccccc2)CN1Cc1ccc(F)cc1.OB(O)c1cccc(Br)c1. The van der Waals surface area contributed by atoms with E-state index in [0.29, 0.717) is 76.2 Å². The summed E-state index contributed by atoms with van der Waals surface area (Å²) >= 11 is 6.84. The number of hydrogen-bond donors (Lipinski definition) is 3. The van der Waals surface area contributed by atoms with Crippen molar-refractivity contribution in [2.75, 3.05) is 0 Å². The summed E-state index contributed by atoms with van der Waals surface area (Å²) in [6, 6.07) is 89.5. The predicted molar refractivity (Wildman–Crippen MR) is 480 cm³/mol. The average Bonchev–Trinajstić information content (AvgIpc) is 1.63. The van der Waals surface area contributed by atoms with Gasteiger partial charge in [0.1, 0.15) is 46.2 Å². The highest BCUT2D eigenvalue weighted by molar-refractivity contribution is 9.10. The van der Waals surface area contributed by atoms with Gasteiger partial charge >= 0.3 is 22.7 Å². The van der Waals surface area contributed by atoms with Crippen molar-refractivity contribution in [1.29, 1.82) is 0 Å². The van der Waals surface area contributed by atoms with Crippen LogP contribution in [0.25, 0.3) is 55.0 Å². The van der Waals surface area contributed by atoms with Gasteiger partial charge in [-0.05, 0) is 170 Å². The first-order chi connectivity index (χ1) is 61.3. The Hall–Kier alpha value is -13.8. The number of aryl methyl sites for hydroxylation is 1. The van der Waals surface area contributed by atoms with Crippen molar-refractivity contribution in [3.8, 4) is 45.3 Å². The zero-order valence-corrected chi connectivity index (χ0v) is 71.3. The van der Waals surface area contributed by atoms with E-state index in [4.69, 9.17) is 28.7 Å². The number of benzene rings is 13. The van der Waals surface area contributed by atoms with Crippen LogP contribution in [0.2, 0.25) is 0 Å². The molecule has 634 valence electrons. The number of alkyl halides is 3. The first-order valence-electron chi connectivity index (χ1n) is 39.9. The van der Waals surface area contributed by atoms with Crippen molar-refractivity contribution in [3.05, 3.63) is 426 Å². The van der Waals surface area contributed by atoms with Crippen LogP contribution in [0.5, 0.6) is 23.0 Å². The number of carbonyl (C=O) groups is 3. The normalized spacial score (nSPS) is 12.8. The third-order valence-electron chi connectivity index (χ3n) is 21.7. The topological polar surface area (TPSA) is 222 Å². The molecule has 0 radical (unpaired) electrons. The van der Waals surface area contributed by atoms with E-state index in [1.165, 1.54) is 71.8 Å². The summed E-state index contributed by atoms with van der Waals surface area (Å²) in [4.78, 5) is 59.9. The lowest BCUT2D eigenvalue weighted by Gasteiger charge is -2.23. The number of hydrogen-bond acceptors (Lipinski definition) is 14. The van der Waals surface area contributed by atoms with Crippen molar-refractivity contribution < 1.29 is 78.0 Å². The van der Waals surface area contributed by atoms with Crippen LogP contribution < -0.4 is 19.1 Å². The summed E-state index contributed by atoms with van der Waals surface area (Å²) in [5.74, 6) is -2.47. The highest BCUT2D eigenvalue weighted by Crippen LogP contribution is 2.51. The Morgan fingerprint density at radius 3 is 1.18 bits per heavy atom. The van der Waals surface area contributed by atoms with Crippen LogP contribution in [0.3, 0.4) is 0 Å². The molecule has 17 nitrogen and oxygen atoms in total. The van der Waals surface area contributed by atoms with Crippen LogP contribution in [-0.2, 0) is 49.4 Å². The molecular weight excluding hydrogens is 1780 g/mol. The van der Waals surface area contributed by atoms with Gasteiger partial charge in [-0.15, -0.1) is 0 Å². The molecule has 27 heteroatoms. The molecule has 0 spiro atoms. The van der Waals surface area contributed by atoms with Crippen molar-refractivity contribution in [2.45, 2.75) is 63.9 Å². The molecule has 0 saturated carbocycles. The quantitative estimate of drug-likeness (QED) is 0.0297. The number of halogens is 8. The Labute approximate surface area is 743 Å². The number of pyridine rings is 3. The largest absolute Gasteiger partial charge is 0.534 e. The number of ether oxygens (including phenoxy) is 2. The molecule has 0 unspecified atom stereocenters. The summed E-state index contributed by atoms with van der Waals surface area (Å²) < 4.78 is 126. The van der Waals surface area contributed by atoms with Gasteiger partial charge in [-0.1, -0.05) is 256 Å². The molecule has 19 rings (SSSR count). The van der Waals surface area contributed by atoms with Crippen LogP contribution in [0, 0.1) is 24.4 Å². The molecule has 3 aliphatic rings. The number of phenolic OH excluding ortho intramolecular Hbond substituents is 1. The maximum atomic E-state index is 14.4. The molecule has 3 aromatic heterocycles. The number of fused-ring (bicyclic) bond motifs is 6. The molecular formula is C100H73BBr2F6N6O11S. The molecule has 0 fully saturated rings. The van der Waals surface area contributed by atoms with E-state index in [9.17, 15) is 54.3 Å². The molecule has 0 atom stereocenters. The Balaban J connectivity index is 0.000000134. The molecule has 3 aliphatic heterocycles. The molecule has 13 aromatic carbocycles. The highest BCUT2D eigenvalue weighted by atomic mass is 79.9. The fourth-order valence-corrected chi connectivity index (χ4v) is 17.2. The molecule has 6 heterocycles. The molecule has 16 aromatic rings. The van der Waals surface area contributed by atoms with E-state index in [2.05, 4.69) is 60.0 Å². The second kappa shape index (κ2) is 37.5. The lowest BCUT2D eigenvalue weighted by Crippen LogP contribution is -2.29. The second-order valence-electron chi connectivity index (χ2n) is 30.1. The van der Waals surface area contributed by atoms with Gasteiger partial charge in [0.05, 0.1) is 23.2 Å². The molecule has 127 heavy (non-hydrogen) atoms. The van der Waals surface area contributed by atoms with Gasteiger partial charge in [0.2, 0.25) is 0 Å². The zero-order chi connectivity index (χ0) is 88.8. The van der Waals surface area contributed by atoms with Crippen molar-refractivity contribution in [2.24, 2.45) is 0 Å². The van der Waals surface area contributed by atoms with Gasteiger partial charge in [-0.25, -0.2) is 13.2 Å². The number of nitrogens with zero attached hydrogens (tertiary/aromatic N) is 6. The molecule has 3 N–H and O–H groups in total. The van der Waals surface area contributed by atoms with Crippen LogP contribution in [0.4, 0.5) is 26.3 Å². The van der Waals surface area contributed by atoms with Gasteiger partial charge < -0.3 is 43.5 Å². The van der Waals surface area contributed by atoms with Crippen LogP contribution in [0.15, 0.2) is 331 Å². The fourth-order valence-electron chi connectivity index (χ4n) is 15.9. The van der Waals surface area contributed by atoms with E-state index < -0.39 is 52.4 Å². The maximum Gasteiger partial charge on any atom is 0.534 e. The molecule has 0 bridgehead atoms. The lowest BCUT2D eigenvalue weighted by molar-refractivity contribution is -0.0500. The molecule has 0 aliphatic carbocycles. The van der Waals surface area contributed by atoms with Crippen LogP contribution >= 0.6 is 31.9 Å². The Kier molecular flexibility index (Phi) is 25.6. The number of aromatic nitrogens is 3. The molecule has 0 saturated heterocycles. The van der Waals surface area contributed by atoms with Gasteiger partial charge in [0, 0.05) is 82.0 Å². The summed E-state index contributed by atoms with van der Waals surface area (Å²) in [7, 11) is -7.50. The first-order valence-corrected chi connectivity index (χ1v) is 42.9. The smallest absolute Gasteiger partial charge is 0.505 e. The van der Waals surface area contributed by atoms with Crippen molar-refractivity contribution in [3.63, 3.8) is 0 Å². The van der Waals surface area contributed by atoms with E-state index in [1.54, 1.807) is 64.7 Å². The predicted octanol–water partition coefficient (Wildman–Crippen LogP) is 21.4. The number of rotatable bonds is 19. The van der Waals surface area contributed by atoms with Crippen molar-refractivity contribution in [1.82, 2.24) is 29.7 Å². The van der Waals surface area contributed by atoms with Crippen LogP contribution in [0.1, 0.15) is 104 Å². The second-order valence-corrected chi connectivity index (χ2v) is 33.5. The summed E-state index contributed by atoms with van der Waals surface area (Å²) in [5.41, 5.74) is 8.50. The van der Waals surface area contributed by atoms with E-state index in [-0.39, 0.29) is 70.1 Å². The minimum absolute atomic E-state index is 0.0448. The standard InChI is InChI=1S/C37H26BrFN2O2.C32H22F4N2O5S.C25H19FN2O2.C6H6BBrO2/c38-28-14-7-13-27(21-28)32-30-15-8-20-40-34(30)36(43-35(25-9-3-1-4-10-25)26-11-5-2-6-12-26)33-31(32)23-41(37(33)42)22-24-16-18-29(39)19-17-24;33-23-15-13-20(14-16-23)18-38-19-25-26(31(38)39)30(42-28(21-8-3-1-4-9-21)22-10-5-2-6-11-22)27-24(12-7-17-37-27)29(25)43-44(40,41)32(34,35)36;1-15-4-2-5-17(12-15)21-19-6-3-11-27-23(19)24(29)22-20(21)14-28(25(22)30)13-16-7-9-18(26)10-8-16;8-6-3-1-2-5(4-6)7(9)10/h1-21,35H,22-23H2;1-17,28H,18-19H2;2-12,29H,13-14H2,1H3;1-4,9-10H. The Morgan fingerprint density at radius 1 is 0.409 bits per heavy atom. The van der Waals surface area contributed by atoms with Gasteiger partial charge in [-0.2, -0.15) is 21.6 Å². The van der Waals surface area contributed by atoms with Gasteiger partial charge in [-0.3, -0.25) is 29.3 Å². The third-order valence-corrected chi connectivity index (χ3v) is 23.6. The van der Waals surface area contributed by atoms with Gasteiger partial charge in [0.15, 0.2) is 23.0 Å². The lowest BCUT2D eigenvalue weighted by atomic mass is 9.81. The number of phenols is 1. The number of amides is 3. The zero-order valence-electron chi connectivity index (χ0n) is 67.3. The Bertz CT molecular complexity index is 6850. The number of aromatic hydroxyl groups is 1. The summed E-state index contributed by atoms with van der Waals surface area (Å²) in [6.07, 6.45) is 3.45. The summed E-state index contributed by atoms with van der Waals surface area (Å²) in [5, 5.41) is 29.9. The number of carbonyl (C=O) groups excluding carboxylic acids is 3. The van der Waals surface area contributed by atoms with Crippen molar-refractivity contribution >= 4 is 105 Å². The Morgan fingerprint density at radius 2 is 0.772 bits per heavy atom. The maximum absolute atomic E-state index is 14.4. The monoisotopic (exact) mass is 1850 g/mol. The summed E-state index contributed by atoms with van der Waals surface area (Å²) in [6.45, 7) is 3.10. The minimum atomic E-state index is -6.12. The molecule has 3 amide bonds. The van der Waals surface area contributed by atoms with E-state index in [0.717, 1.165) is 80.9 Å². The first kappa shape index (κ1) is 86.7. The average molecular weight is 1850 g/mol. The highest BCUT2D eigenvalue weighted by Gasteiger charge is 2.50. The van der Waals surface area contributed by atoms with Crippen LogP contribution in [-0.4, -0.2) is 83.6 Å². The fraction of sp³-hybridized carbons (Fsp3) is 0.100. The van der Waals surface area contributed by atoms with E-state index >= 15 is 0 Å².